The lowest BCUT2D eigenvalue weighted by molar-refractivity contribution is -0.167. The maximum Gasteiger partial charge on any atom is 0.306 e. The topological polar surface area (TPSA) is 78.9 Å². The third-order valence-electron chi connectivity index (χ3n) is 13.1. The Bertz CT molecular complexity index is 1380. The molecule has 0 amide bonds. The number of hydrogen-bond donors (Lipinski definition) is 0. The first-order valence-electron chi connectivity index (χ1n) is 30.6. The molecule has 0 spiro atoms. The van der Waals surface area contributed by atoms with Crippen LogP contribution in [0.3, 0.4) is 0 Å². The minimum atomic E-state index is -0.784. The SMILES string of the molecule is CC/C=C\C/C=C\C/C=C\C/C=C\C/C=C\CCCCCCCC(=O)OC(COC(=O)CCCCCCCC)COC(=O)CCCCCCCCCCCCCCCCC/C=C\C/C=C\CCCCCCC. The molecule has 72 heavy (non-hydrogen) atoms. The zero-order chi connectivity index (χ0) is 52.2. The van der Waals surface area contributed by atoms with Crippen LogP contribution in [0.1, 0.15) is 297 Å². The first-order chi connectivity index (χ1) is 35.5. The summed E-state index contributed by atoms with van der Waals surface area (Å²) in [7, 11) is 0. The number of hydrogen-bond acceptors (Lipinski definition) is 6. The minimum Gasteiger partial charge on any atom is -0.462 e. The van der Waals surface area contributed by atoms with Gasteiger partial charge in [0.25, 0.3) is 0 Å². The molecule has 0 saturated heterocycles. The summed E-state index contributed by atoms with van der Waals surface area (Å²) in [4.78, 5) is 38.0. The molecule has 0 heterocycles. The molecule has 6 heteroatoms. The average molecular weight is 1000 g/mol. The van der Waals surface area contributed by atoms with E-state index < -0.39 is 6.10 Å². The normalized spacial score (nSPS) is 12.7. The van der Waals surface area contributed by atoms with E-state index in [4.69, 9.17) is 14.2 Å². The van der Waals surface area contributed by atoms with Gasteiger partial charge < -0.3 is 14.2 Å². The van der Waals surface area contributed by atoms with Crippen LogP contribution < -0.4 is 0 Å². The molecular formula is C66H114O6. The first-order valence-corrected chi connectivity index (χ1v) is 30.6. The maximum absolute atomic E-state index is 12.8. The van der Waals surface area contributed by atoms with Crippen molar-refractivity contribution in [2.24, 2.45) is 0 Å². The lowest BCUT2D eigenvalue weighted by Crippen LogP contribution is -2.30. The summed E-state index contributed by atoms with van der Waals surface area (Å²) in [6, 6.07) is 0. The molecule has 0 saturated carbocycles. The number of esters is 3. The average Bonchev–Trinajstić information content (AvgIpc) is 3.38. The zero-order valence-electron chi connectivity index (χ0n) is 47.4. The largest absolute Gasteiger partial charge is 0.462 e. The fourth-order valence-electron chi connectivity index (χ4n) is 8.56. The minimum absolute atomic E-state index is 0.0830. The van der Waals surface area contributed by atoms with Crippen molar-refractivity contribution in [3.8, 4) is 0 Å². The Morgan fingerprint density at radius 3 is 0.847 bits per heavy atom. The Labute approximate surface area is 445 Å². The van der Waals surface area contributed by atoms with Gasteiger partial charge in [-0.1, -0.05) is 266 Å². The van der Waals surface area contributed by atoms with E-state index in [0.717, 1.165) is 116 Å². The fraction of sp³-hybridized carbons (Fsp3) is 0.742. The molecule has 0 bridgehead atoms. The van der Waals surface area contributed by atoms with Crippen LogP contribution in [-0.4, -0.2) is 37.2 Å². The predicted molar refractivity (Wildman–Crippen MR) is 311 cm³/mol. The second-order valence-electron chi connectivity index (χ2n) is 20.2. The highest BCUT2D eigenvalue weighted by atomic mass is 16.6. The van der Waals surface area contributed by atoms with E-state index >= 15 is 0 Å². The van der Waals surface area contributed by atoms with Crippen molar-refractivity contribution in [3.63, 3.8) is 0 Å². The van der Waals surface area contributed by atoms with Gasteiger partial charge in [0.05, 0.1) is 0 Å². The summed E-state index contributed by atoms with van der Waals surface area (Å²) >= 11 is 0. The van der Waals surface area contributed by atoms with Crippen molar-refractivity contribution in [2.45, 2.75) is 303 Å². The second kappa shape index (κ2) is 60.1. The summed E-state index contributed by atoms with van der Waals surface area (Å²) in [6.07, 6.45) is 79.1. The van der Waals surface area contributed by atoms with Crippen molar-refractivity contribution < 1.29 is 28.6 Å². The van der Waals surface area contributed by atoms with Crippen LogP contribution in [0.15, 0.2) is 85.1 Å². The molecule has 0 N–H and O–H groups in total. The molecule has 0 aliphatic carbocycles. The predicted octanol–water partition coefficient (Wildman–Crippen LogP) is 20.7. The number of carbonyl (C=O) groups excluding carboxylic acids is 3. The summed E-state index contributed by atoms with van der Waals surface area (Å²) < 4.78 is 16.8. The highest BCUT2D eigenvalue weighted by Crippen LogP contribution is 2.16. The van der Waals surface area contributed by atoms with Gasteiger partial charge in [-0.25, -0.2) is 0 Å². The van der Waals surface area contributed by atoms with Gasteiger partial charge in [-0.2, -0.15) is 0 Å². The van der Waals surface area contributed by atoms with Crippen molar-refractivity contribution in [2.75, 3.05) is 13.2 Å². The van der Waals surface area contributed by atoms with Crippen molar-refractivity contribution >= 4 is 17.9 Å². The zero-order valence-corrected chi connectivity index (χ0v) is 47.4. The second-order valence-corrected chi connectivity index (χ2v) is 20.2. The van der Waals surface area contributed by atoms with Gasteiger partial charge in [0.15, 0.2) is 6.10 Å². The summed E-state index contributed by atoms with van der Waals surface area (Å²) in [5, 5.41) is 0. The maximum atomic E-state index is 12.8. The van der Waals surface area contributed by atoms with E-state index in [9.17, 15) is 14.4 Å². The monoisotopic (exact) mass is 1000 g/mol. The van der Waals surface area contributed by atoms with Gasteiger partial charge in [-0.05, 0) is 96.3 Å². The van der Waals surface area contributed by atoms with E-state index in [0.29, 0.717) is 19.3 Å². The molecule has 1 atom stereocenters. The standard InChI is InChI=1S/C66H114O6/c1-4-7-10-13-16-18-20-22-24-26-28-30-31-32-33-34-35-37-38-40-42-44-46-48-50-53-56-59-65(68)71-62-63(61-70-64(67)58-55-52-15-12-9-6-3)72-66(69)60-57-54-51-49-47-45-43-41-39-36-29-27-25-23-21-19-17-14-11-8-5-2/h8,11,17,19-20,22-23,25-26,28-29,36,41,43,63H,4-7,9-10,12-16,18,21,24,27,30-35,37-40,42,44-62H2,1-3H3/b11-8-,19-17-,22-20-,25-23-,28-26-,36-29-,43-41-. The van der Waals surface area contributed by atoms with Crippen LogP contribution in [0.2, 0.25) is 0 Å². The van der Waals surface area contributed by atoms with E-state index in [1.165, 1.54) is 141 Å². The third kappa shape index (κ3) is 57.5. The van der Waals surface area contributed by atoms with Crippen LogP contribution >= 0.6 is 0 Å². The number of unbranched alkanes of at least 4 members (excludes halogenated alkanes) is 30. The van der Waals surface area contributed by atoms with Crippen LogP contribution in [-0.2, 0) is 28.6 Å². The summed E-state index contributed by atoms with van der Waals surface area (Å²) in [5.41, 5.74) is 0. The van der Waals surface area contributed by atoms with Crippen LogP contribution in [0.25, 0.3) is 0 Å². The molecule has 0 rings (SSSR count). The van der Waals surface area contributed by atoms with Gasteiger partial charge in [-0.3, -0.25) is 14.4 Å². The molecule has 0 aliphatic heterocycles. The molecule has 0 aromatic rings. The lowest BCUT2D eigenvalue weighted by Gasteiger charge is -2.18. The van der Waals surface area contributed by atoms with Gasteiger partial charge in [0.1, 0.15) is 13.2 Å². The molecule has 0 radical (unpaired) electrons. The Morgan fingerprint density at radius 1 is 0.292 bits per heavy atom. The Hall–Kier alpha value is -3.41. The number of ether oxygens (including phenoxy) is 3. The van der Waals surface area contributed by atoms with E-state index in [1.54, 1.807) is 0 Å². The van der Waals surface area contributed by atoms with E-state index in [2.05, 4.69) is 106 Å². The molecule has 414 valence electrons. The number of carbonyl (C=O) groups is 3. The Balaban J connectivity index is 4.12. The fourth-order valence-corrected chi connectivity index (χ4v) is 8.56. The Kier molecular flexibility index (Phi) is 57.3. The molecule has 0 aliphatic rings. The van der Waals surface area contributed by atoms with Gasteiger partial charge in [-0.15, -0.1) is 0 Å². The molecule has 6 nitrogen and oxygen atoms in total. The summed E-state index contributed by atoms with van der Waals surface area (Å²) in [5.74, 6) is -0.905. The van der Waals surface area contributed by atoms with Crippen LogP contribution in [0.4, 0.5) is 0 Å². The molecule has 0 fully saturated rings. The van der Waals surface area contributed by atoms with Crippen molar-refractivity contribution in [1.29, 1.82) is 0 Å². The van der Waals surface area contributed by atoms with E-state index in [-0.39, 0.29) is 31.1 Å². The number of rotatable bonds is 55. The van der Waals surface area contributed by atoms with E-state index in [1.807, 2.05) is 0 Å². The molecule has 0 aromatic carbocycles. The summed E-state index contributed by atoms with van der Waals surface area (Å²) in [6.45, 7) is 6.46. The lowest BCUT2D eigenvalue weighted by atomic mass is 10.0. The van der Waals surface area contributed by atoms with Gasteiger partial charge in [0.2, 0.25) is 0 Å². The van der Waals surface area contributed by atoms with Crippen LogP contribution in [0, 0.1) is 0 Å². The smallest absolute Gasteiger partial charge is 0.306 e. The highest BCUT2D eigenvalue weighted by molar-refractivity contribution is 5.71. The van der Waals surface area contributed by atoms with Gasteiger partial charge >= 0.3 is 17.9 Å². The third-order valence-corrected chi connectivity index (χ3v) is 13.1. The highest BCUT2D eigenvalue weighted by Gasteiger charge is 2.19. The van der Waals surface area contributed by atoms with Crippen LogP contribution in [0.5, 0.6) is 0 Å². The molecule has 1 unspecified atom stereocenters. The molecule has 0 aromatic heterocycles. The van der Waals surface area contributed by atoms with Gasteiger partial charge in [0, 0.05) is 19.3 Å². The quantitative estimate of drug-likeness (QED) is 0.0261. The van der Waals surface area contributed by atoms with Crippen molar-refractivity contribution in [1.82, 2.24) is 0 Å². The molecular weight excluding hydrogens is 889 g/mol. The van der Waals surface area contributed by atoms with Crippen molar-refractivity contribution in [3.05, 3.63) is 85.1 Å². The Morgan fingerprint density at radius 2 is 0.542 bits per heavy atom. The number of allylic oxidation sites excluding steroid dienone is 14. The first kappa shape index (κ1) is 68.6.